The van der Waals surface area contributed by atoms with Gasteiger partial charge >= 0.3 is 0 Å². The molecule has 0 saturated heterocycles. The Labute approximate surface area is 165 Å². The number of para-hydroxylation sites is 1. The third-order valence-corrected chi connectivity index (χ3v) is 5.16. The first-order valence-electron chi connectivity index (χ1n) is 9.71. The fourth-order valence-electron chi connectivity index (χ4n) is 3.33. The predicted octanol–water partition coefficient (Wildman–Crippen LogP) is 3.37. The van der Waals surface area contributed by atoms with Crippen LogP contribution < -0.4 is 15.4 Å². The average molecular weight is 385 g/mol. The molecule has 0 radical (unpaired) electrons. The van der Waals surface area contributed by atoms with E-state index in [0.29, 0.717) is 25.3 Å². The van der Waals surface area contributed by atoms with Gasteiger partial charge in [-0.1, -0.05) is 24.3 Å². The number of rotatable bonds is 8. The SMILES string of the molecule is CCNC(=NCC1(c2cccc(F)c2)CC1)NCCc1cccc(OC)c1O. The molecule has 0 amide bonds. The molecule has 3 rings (SSSR count). The van der Waals surface area contributed by atoms with Gasteiger partial charge in [-0.15, -0.1) is 0 Å². The van der Waals surface area contributed by atoms with Gasteiger partial charge in [0.05, 0.1) is 13.7 Å². The number of nitrogens with zero attached hydrogens (tertiary/aromatic N) is 1. The molecule has 0 unspecified atom stereocenters. The first kappa shape index (κ1) is 20.0. The third-order valence-electron chi connectivity index (χ3n) is 5.16. The van der Waals surface area contributed by atoms with Gasteiger partial charge in [0.25, 0.3) is 0 Å². The molecule has 0 spiro atoms. The van der Waals surface area contributed by atoms with Crippen LogP contribution in [-0.4, -0.2) is 37.8 Å². The Hall–Kier alpha value is -2.76. The molecule has 150 valence electrons. The van der Waals surface area contributed by atoms with E-state index in [-0.39, 0.29) is 17.0 Å². The second kappa shape index (κ2) is 8.95. The summed E-state index contributed by atoms with van der Waals surface area (Å²) in [5, 5.41) is 16.8. The summed E-state index contributed by atoms with van der Waals surface area (Å²) in [7, 11) is 1.54. The number of hydrogen-bond donors (Lipinski definition) is 3. The fourth-order valence-corrected chi connectivity index (χ4v) is 3.33. The van der Waals surface area contributed by atoms with Crippen LogP contribution in [0.1, 0.15) is 30.9 Å². The van der Waals surface area contributed by atoms with Crippen molar-refractivity contribution in [2.45, 2.75) is 31.6 Å². The number of ether oxygens (including phenoxy) is 1. The first-order valence-corrected chi connectivity index (χ1v) is 9.71. The molecule has 0 atom stereocenters. The molecule has 5 nitrogen and oxygen atoms in total. The normalized spacial score (nSPS) is 15.2. The van der Waals surface area contributed by atoms with Gasteiger partial charge in [0.2, 0.25) is 0 Å². The summed E-state index contributed by atoms with van der Waals surface area (Å²) in [6.45, 7) is 4.02. The molecule has 0 bridgehead atoms. The second-order valence-electron chi connectivity index (χ2n) is 7.13. The van der Waals surface area contributed by atoms with Crippen molar-refractivity contribution in [1.29, 1.82) is 0 Å². The summed E-state index contributed by atoms with van der Waals surface area (Å²) in [5.74, 6) is 1.18. The van der Waals surface area contributed by atoms with Gasteiger partial charge in [0.15, 0.2) is 17.5 Å². The number of phenolic OH excluding ortho intramolecular Hbond substituents is 1. The van der Waals surface area contributed by atoms with E-state index in [0.717, 1.165) is 36.5 Å². The van der Waals surface area contributed by atoms with Crippen LogP contribution in [-0.2, 0) is 11.8 Å². The lowest BCUT2D eigenvalue weighted by molar-refractivity contribution is 0.370. The van der Waals surface area contributed by atoms with Crippen LogP contribution in [0.4, 0.5) is 4.39 Å². The number of aromatic hydroxyl groups is 1. The van der Waals surface area contributed by atoms with Crippen LogP contribution in [0.25, 0.3) is 0 Å². The molecule has 3 N–H and O–H groups in total. The van der Waals surface area contributed by atoms with Gasteiger partial charge in [0.1, 0.15) is 5.82 Å². The van der Waals surface area contributed by atoms with Gasteiger partial charge in [-0.2, -0.15) is 0 Å². The highest BCUT2D eigenvalue weighted by Gasteiger charge is 2.44. The zero-order valence-electron chi connectivity index (χ0n) is 16.5. The van der Waals surface area contributed by atoms with Crippen molar-refractivity contribution in [2.24, 2.45) is 4.99 Å². The maximum absolute atomic E-state index is 13.6. The Kier molecular flexibility index (Phi) is 6.39. The van der Waals surface area contributed by atoms with Gasteiger partial charge in [-0.05, 0) is 55.5 Å². The summed E-state index contributed by atoms with van der Waals surface area (Å²) < 4.78 is 18.7. The van der Waals surface area contributed by atoms with Crippen LogP contribution in [0.3, 0.4) is 0 Å². The van der Waals surface area contributed by atoms with Crippen molar-refractivity contribution >= 4 is 5.96 Å². The Morgan fingerprint density at radius 3 is 2.68 bits per heavy atom. The Balaban J connectivity index is 1.61. The van der Waals surface area contributed by atoms with E-state index in [1.165, 1.54) is 6.07 Å². The fraction of sp³-hybridized carbons (Fsp3) is 0.409. The predicted molar refractivity (Wildman–Crippen MR) is 110 cm³/mol. The van der Waals surface area contributed by atoms with E-state index in [1.807, 2.05) is 25.1 Å². The highest BCUT2D eigenvalue weighted by molar-refractivity contribution is 5.79. The molecule has 0 aromatic heterocycles. The Bertz CT molecular complexity index is 834. The molecular weight excluding hydrogens is 357 g/mol. The summed E-state index contributed by atoms with van der Waals surface area (Å²) in [5.41, 5.74) is 1.80. The number of guanidine groups is 1. The number of phenols is 1. The van der Waals surface area contributed by atoms with Crippen molar-refractivity contribution in [3.05, 3.63) is 59.4 Å². The number of aliphatic imine (C=N–C) groups is 1. The van der Waals surface area contributed by atoms with Gasteiger partial charge < -0.3 is 20.5 Å². The van der Waals surface area contributed by atoms with E-state index in [2.05, 4.69) is 10.6 Å². The largest absolute Gasteiger partial charge is 0.504 e. The van der Waals surface area contributed by atoms with Crippen molar-refractivity contribution < 1.29 is 14.2 Å². The van der Waals surface area contributed by atoms with E-state index in [9.17, 15) is 9.50 Å². The summed E-state index contributed by atoms with van der Waals surface area (Å²) >= 11 is 0. The van der Waals surface area contributed by atoms with Crippen LogP contribution in [0.5, 0.6) is 11.5 Å². The van der Waals surface area contributed by atoms with E-state index >= 15 is 0 Å². The maximum atomic E-state index is 13.6. The summed E-state index contributed by atoms with van der Waals surface area (Å²) in [6.07, 6.45) is 2.69. The van der Waals surface area contributed by atoms with E-state index < -0.39 is 0 Å². The zero-order valence-corrected chi connectivity index (χ0v) is 16.5. The standard InChI is InChI=1S/C22H28FN3O2/c1-3-24-21(25-13-10-16-6-4-9-19(28-2)20(16)27)26-15-22(11-12-22)17-7-5-8-18(23)14-17/h4-9,14,27H,3,10-13,15H2,1-2H3,(H2,24,25,26). The molecule has 28 heavy (non-hydrogen) atoms. The molecule has 0 aliphatic heterocycles. The van der Waals surface area contributed by atoms with Crippen molar-refractivity contribution in [1.82, 2.24) is 10.6 Å². The number of methoxy groups -OCH3 is 1. The van der Waals surface area contributed by atoms with E-state index in [4.69, 9.17) is 9.73 Å². The number of benzene rings is 2. The number of nitrogens with one attached hydrogen (secondary N) is 2. The molecule has 0 heterocycles. The monoisotopic (exact) mass is 385 g/mol. The summed E-state index contributed by atoms with van der Waals surface area (Å²) in [4.78, 5) is 4.73. The molecule has 6 heteroatoms. The minimum Gasteiger partial charge on any atom is -0.504 e. The minimum absolute atomic E-state index is 0.0461. The molecular formula is C22H28FN3O2. The Morgan fingerprint density at radius 1 is 1.21 bits per heavy atom. The first-order chi connectivity index (χ1) is 13.6. The van der Waals surface area contributed by atoms with Crippen molar-refractivity contribution in [3.8, 4) is 11.5 Å². The lowest BCUT2D eigenvalue weighted by atomic mass is 9.96. The highest BCUT2D eigenvalue weighted by atomic mass is 19.1. The lowest BCUT2D eigenvalue weighted by Crippen LogP contribution is -2.39. The minimum atomic E-state index is -0.198. The summed E-state index contributed by atoms with van der Waals surface area (Å²) in [6, 6.07) is 12.3. The zero-order chi connectivity index (χ0) is 20.0. The Morgan fingerprint density at radius 2 is 2.00 bits per heavy atom. The van der Waals surface area contributed by atoms with Crippen molar-refractivity contribution in [2.75, 3.05) is 26.7 Å². The van der Waals surface area contributed by atoms with Gasteiger partial charge in [0, 0.05) is 18.5 Å². The molecule has 1 fully saturated rings. The van der Waals surface area contributed by atoms with Crippen LogP contribution in [0.15, 0.2) is 47.5 Å². The smallest absolute Gasteiger partial charge is 0.191 e. The lowest BCUT2D eigenvalue weighted by Gasteiger charge is -2.16. The van der Waals surface area contributed by atoms with Crippen molar-refractivity contribution in [3.63, 3.8) is 0 Å². The van der Waals surface area contributed by atoms with Crippen LogP contribution >= 0.6 is 0 Å². The van der Waals surface area contributed by atoms with Gasteiger partial charge in [-0.3, -0.25) is 4.99 Å². The number of hydrogen-bond acceptors (Lipinski definition) is 3. The molecule has 1 aliphatic rings. The quantitative estimate of drug-likeness (QED) is 0.482. The highest BCUT2D eigenvalue weighted by Crippen LogP contribution is 2.48. The molecule has 2 aromatic carbocycles. The molecule has 1 aliphatic carbocycles. The molecule has 2 aromatic rings. The maximum Gasteiger partial charge on any atom is 0.191 e. The van der Waals surface area contributed by atoms with Gasteiger partial charge in [-0.25, -0.2) is 4.39 Å². The van der Waals surface area contributed by atoms with E-state index in [1.54, 1.807) is 25.3 Å². The molecule has 1 saturated carbocycles. The number of halogens is 1. The topological polar surface area (TPSA) is 65.9 Å². The second-order valence-corrected chi connectivity index (χ2v) is 7.13. The average Bonchev–Trinajstić information content (AvgIpc) is 3.49. The third kappa shape index (κ3) is 4.74. The van der Waals surface area contributed by atoms with Crippen LogP contribution in [0.2, 0.25) is 0 Å². The van der Waals surface area contributed by atoms with Crippen LogP contribution in [0, 0.1) is 5.82 Å².